The van der Waals surface area contributed by atoms with Crippen LogP contribution in [0.1, 0.15) is 16.6 Å². The average molecular weight is 356 g/mol. The molecule has 0 amide bonds. The van der Waals surface area contributed by atoms with E-state index < -0.39 is 24.3 Å². The van der Waals surface area contributed by atoms with Gasteiger partial charge in [-0.3, -0.25) is 4.79 Å². The zero-order valence-electron chi connectivity index (χ0n) is 12.7. The summed E-state index contributed by atoms with van der Waals surface area (Å²) in [5.74, 6) is -2.32. The minimum Gasteiger partial charge on any atom is -0.453 e. The van der Waals surface area contributed by atoms with Gasteiger partial charge in [-0.05, 0) is 19.1 Å². The number of fused-ring (bicyclic) bond motifs is 3. The molecule has 1 N–H and O–H groups in total. The van der Waals surface area contributed by atoms with Gasteiger partial charge < -0.3 is 10.1 Å². The Morgan fingerprint density at radius 2 is 2.04 bits per heavy atom. The van der Waals surface area contributed by atoms with Crippen molar-refractivity contribution in [2.45, 2.75) is 6.92 Å². The third kappa shape index (κ3) is 2.94. The molecular formula is C17H12N2O3S2. The van der Waals surface area contributed by atoms with Crippen LogP contribution in [-0.2, 0) is 9.53 Å². The molecule has 3 rings (SSSR count). The summed E-state index contributed by atoms with van der Waals surface area (Å²) in [6.07, 6.45) is 0. The molecule has 0 aliphatic rings. The van der Waals surface area contributed by atoms with Crippen LogP contribution >= 0.6 is 22.7 Å². The number of nitriles is 1. The van der Waals surface area contributed by atoms with Crippen LogP contribution in [0.15, 0.2) is 30.3 Å². The molecule has 0 saturated heterocycles. The van der Waals surface area contributed by atoms with Gasteiger partial charge >= 0.3 is 5.97 Å². The number of carbonyl (C=O) groups excluding carboxylic acids is 2. The van der Waals surface area contributed by atoms with E-state index in [0.717, 1.165) is 19.5 Å². The van der Waals surface area contributed by atoms with Gasteiger partial charge in [0.05, 0.1) is 10.8 Å². The fourth-order valence-electron chi connectivity index (χ4n) is 2.30. The van der Waals surface area contributed by atoms with Gasteiger partial charge in [0.15, 0.2) is 12.4 Å². The van der Waals surface area contributed by atoms with Crippen molar-refractivity contribution in [3.8, 4) is 6.07 Å². The van der Waals surface area contributed by atoms with E-state index in [1.807, 2.05) is 24.3 Å². The molecule has 3 aromatic rings. The Morgan fingerprint density at radius 3 is 2.75 bits per heavy atom. The first-order valence-corrected chi connectivity index (χ1v) is 8.70. The number of ketones is 1. The van der Waals surface area contributed by atoms with Crippen molar-refractivity contribution in [3.63, 3.8) is 0 Å². The predicted octanol–water partition coefficient (Wildman–Crippen LogP) is 4.02. The van der Waals surface area contributed by atoms with Gasteiger partial charge in [-0.15, -0.1) is 22.7 Å². The third-order valence-electron chi connectivity index (χ3n) is 3.48. The fourth-order valence-corrected chi connectivity index (χ4v) is 4.72. The molecule has 1 atom stereocenters. The molecule has 0 bridgehead atoms. The minimum atomic E-state index is -1.16. The number of thiophene rings is 2. The second kappa shape index (κ2) is 6.51. The summed E-state index contributed by atoms with van der Waals surface area (Å²) in [4.78, 5) is 24.4. The molecule has 24 heavy (non-hydrogen) atoms. The van der Waals surface area contributed by atoms with Gasteiger partial charge in [0.25, 0.3) is 0 Å². The van der Waals surface area contributed by atoms with Crippen molar-refractivity contribution >= 4 is 59.6 Å². The lowest BCUT2D eigenvalue weighted by atomic mass is 10.0. The van der Waals surface area contributed by atoms with Gasteiger partial charge in [0.2, 0.25) is 0 Å². The van der Waals surface area contributed by atoms with Crippen LogP contribution in [0.25, 0.3) is 19.5 Å². The zero-order valence-corrected chi connectivity index (χ0v) is 14.3. The zero-order chi connectivity index (χ0) is 17.3. The molecule has 0 spiro atoms. The summed E-state index contributed by atoms with van der Waals surface area (Å²) in [7, 11) is 0. The lowest BCUT2D eigenvalue weighted by Crippen LogP contribution is -2.25. The average Bonchev–Trinajstić information content (AvgIpc) is 3.10. The number of esters is 1. The normalized spacial score (nSPS) is 12.0. The molecule has 0 radical (unpaired) electrons. The summed E-state index contributed by atoms with van der Waals surface area (Å²) in [6, 6.07) is 11.5. The van der Waals surface area contributed by atoms with Crippen LogP contribution in [0.3, 0.4) is 0 Å². The Labute approximate surface area is 145 Å². The fraction of sp³-hybridized carbons (Fsp3) is 0.176. The molecule has 0 fully saturated rings. The SMILES string of the molecule is CC(=N)C(C#N)C(=O)COC(=O)c1cc2sc3ccccc3c2s1. The van der Waals surface area contributed by atoms with E-state index in [0.29, 0.717) is 4.88 Å². The summed E-state index contributed by atoms with van der Waals surface area (Å²) >= 11 is 2.93. The predicted molar refractivity (Wildman–Crippen MR) is 95.0 cm³/mol. The highest BCUT2D eigenvalue weighted by Crippen LogP contribution is 2.39. The Bertz CT molecular complexity index is 1010. The van der Waals surface area contributed by atoms with Gasteiger partial charge in [-0.2, -0.15) is 5.26 Å². The van der Waals surface area contributed by atoms with Crippen molar-refractivity contribution in [2.24, 2.45) is 5.92 Å². The van der Waals surface area contributed by atoms with Crippen LogP contribution in [0, 0.1) is 22.7 Å². The van der Waals surface area contributed by atoms with E-state index in [9.17, 15) is 9.59 Å². The summed E-state index contributed by atoms with van der Waals surface area (Å²) in [5, 5.41) is 17.3. The van der Waals surface area contributed by atoms with Crippen LogP contribution < -0.4 is 0 Å². The van der Waals surface area contributed by atoms with Crippen molar-refractivity contribution in [1.29, 1.82) is 10.7 Å². The number of carbonyl (C=O) groups is 2. The van der Waals surface area contributed by atoms with Crippen LogP contribution in [0.4, 0.5) is 0 Å². The standard InChI is InChI=1S/C17H12N2O3S2/c1-9(19)11(7-18)12(20)8-22-17(21)15-6-14-16(24-15)10-4-2-3-5-13(10)23-14/h2-6,11,19H,8H2,1H3. The molecule has 0 saturated carbocycles. The number of benzene rings is 1. The van der Waals surface area contributed by atoms with E-state index in [1.165, 1.54) is 18.3 Å². The Morgan fingerprint density at radius 1 is 1.29 bits per heavy atom. The van der Waals surface area contributed by atoms with Gasteiger partial charge in [-0.25, -0.2) is 4.79 Å². The van der Waals surface area contributed by atoms with Crippen molar-refractivity contribution in [2.75, 3.05) is 6.61 Å². The van der Waals surface area contributed by atoms with E-state index >= 15 is 0 Å². The molecule has 1 unspecified atom stereocenters. The number of nitrogens with one attached hydrogen (secondary N) is 1. The smallest absolute Gasteiger partial charge is 0.348 e. The van der Waals surface area contributed by atoms with Gasteiger partial charge in [0.1, 0.15) is 10.8 Å². The highest BCUT2D eigenvalue weighted by molar-refractivity contribution is 7.33. The lowest BCUT2D eigenvalue weighted by molar-refractivity contribution is -0.122. The number of ether oxygens (including phenoxy) is 1. The van der Waals surface area contributed by atoms with Gasteiger partial charge in [-0.1, -0.05) is 18.2 Å². The summed E-state index contributed by atoms with van der Waals surface area (Å²) in [5.41, 5.74) is -0.0540. The molecular weight excluding hydrogens is 344 g/mol. The Kier molecular flexibility index (Phi) is 4.42. The highest BCUT2D eigenvalue weighted by atomic mass is 32.1. The first-order chi connectivity index (χ1) is 11.5. The summed E-state index contributed by atoms with van der Waals surface area (Å²) in [6.45, 7) is 0.881. The highest BCUT2D eigenvalue weighted by Gasteiger charge is 2.22. The van der Waals surface area contributed by atoms with E-state index in [-0.39, 0.29) is 5.71 Å². The van der Waals surface area contributed by atoms with Crippen LogP contribution in [0.2, 0.25) is 0 Å². The number of Topliss-reactive ketones (excluding diaryl/α,β-unsaturated/α-hetero) is 1. The van der Waals surface area contributed by atoms with Crippen molar-refractivity contribution in [3.05, 3.63) is 35.2 Å². The maximum atomic E-state index is 12.1. The number of hydrogen-bond donors (Lipinski definition) is 1. The quantitative estimate of drug-likeness (QED) is 0.552. The second-order valence-corrected chi connectivity index (χ2v) is 7.33. The van der Waals surface area contributed by atoms with Gasteiger partial charge in [0, 0.05) is 20.5 Å². The first-order valence-electron chi connectivity index (χ1n) is 7.07. The van der Waals surface area contributed by atoms with E-state index in [1.54, 1.807) is 23.5 Å². The monoisotopic (exact) mass is 356 g/mol. The minimum absolute atomic E-state index is 0.0540. The molecule has 1 aromatic carbocycles. The largest absolute Gasteiger partial charge is 0.453 e. The van der Waals surface area contributed by atoms with Crippen LogP contribution in [-0.4, -0.2) is 24.1 Å². The second-order valence-electron chi connectivity index (χ2n) is 5.19. The molecule has 7 heteroatoms. The summed E-state index contributed by atoms with van der Waals surface area (Å²) < 4.78 is 8.20. The van der Waals surface area contributed by atoms with Crippen molar-refractivity contribution < 1.29 is 14.3 Å². The third-order valence-corrected chi connectivity index (χ3v) is 5.88. The number of hydrogen-bond acceptors (Lipinski definition) is 7. The Balaban J connectivity index is 1.76. The number of nitrogens with zero attached hydrogens (tertiary/aromatic N) is 1. The molecule has 0 aliphatic heterocycles. The van der Waals surface area contributed by atoms with Crippen molar-refractivity contribution in [1.82, 2.24) is 0 Å². The molecule has 120 valence electrons. The lowest BCUT2D eigenvalue weighted by Gasteiger charge is -2.06. The topological polar surface area (TPSA) is 91.0 Å². The van der Waals surface area contributed by atoms with Crippen LogP contribution in [0.5, 0.6) is 0 Å². The molecule has 2 heterocycles. The number of rotatable bonds is 5. The maximum absolute atomic E-state index is 12.1. The first kappa shape index (κ1) is 16.3. The Hall–Kier alpha value is -2.56. The molecule has 0 aliphatic carbocycles. The molecule has 5 nitrogen and oxygen atoms in total. The maximum Gasteiger partial charge on any atom is 0.348 e. The van der Waals surface area contributed by atoms with E-state index in [2.05, 4.69) is 0 Å². The van der Waals surface area contributed by atoms with E-state index in [4.69, 9.17) is 15.4 Å². The molecule has 2 aromatic heterocycles.